The zero-order chi connectivity index (χ0) is 16.7. The standard InChI is InChI=1S/C17H20N2O3S/c1-22-12-17(20)19-15-5-3-4-14(10-15)18-11-13-6-8-16(9-7-13)23(2)21/h3-10,18H,11-12H2,1-2H3,(H,19,20)/t23-/m0/s1. The third-order valence-electron chi connectivity index (χ3n) is 3.17. The maximum atomic E-state index is 11.5. The van der Waals surface area contributed by atoms with Crippen LogP contribution in [0.5, 0.6) is 0 Å². The van der Waals surface area contributed by atoms with Crippen molar-refractivity contribution < 1.29 is 13.7 Å². The smallest absolute Gasteiger partial charge is 0.250 e. The molecule has 122 valence electrons. The van der Waals surface area contributed by atoms with Gasteiger partial charge in [-0.15, -0.1) is 0 Å². The summed E-state index contributed by atoms with van der Waals surface area (Å²) in [5.74, 6) is -0.187. The molecule has 0 heterocycles. The fourth-order valence-corrected chi connectivity index (χ4v) is 2.56. The van der Waals surface area contributed by atoms with Crippen molar-refractivity contribution in [3.63, 3.8) is 0 Å². The summed E-state index contributed by atoms with van der Waals surface area (Å²) >= 11 is 0. The molecule has 0 saturated heterocycles. The summed E-state index contributed by atoms with van der Waals surface area (Å²) in [5, 5.41) is 6.06. The summed E-state index contributed by atoms with van der Waals surface area (Å²) in [4.78, 5) is 12.3. The van der Waals surface area contributed by atoms with Gasteiger partial charge >= 0.3 is 0 Å². The molecule has 2 aromatic carbocycles. The maximum Gasteiger partial charge on any atom is 0.250 e. The Kier molecular flexibility index (Phi) is 6.31. The number of carbonyl (C=O) groups is 1. The second kappa shape index (κ2) is 8.45. The molecule has 5 nitrogen and oxygen atoms in total. The van der Waals surface area contributed by atoms with Crippen molar-refractivity contribution in [1.82, 2.24) is 0 Å². The first-order chi connectivity index (χ1) is 11.1. The molecule has 0 radical (unpaired) electrons. The van der Waals surface area contributed by atoms with Gasteiger partial charge in [0, 0.05) is 47.0 Å². The Morgan fingerprint density at radius 3 is 2.48 bits per heavy atom. The van der Waals surface area contributed by atoms with E-state index in [1.54, 1.807) is 6.26 Å². The van der Waals surface area contributed by atoms with Gasteiger partial charge in [-0.05, 0) is 35.9 Å². The van der Waals surface area contributed by atoms with Crippen LogP contribution in [0.3, 0.4) is 0 Å². The number of benzene rings is 2. The minimum absolute atomic E-state index is 0.0306. The summed E-state index contributed by atoms with van der Waals surface area (Å²) in [6.45, 7) is 0.676. The van der Waals surface area contributed by atoms with E-state index in [1.807, 2.05) is 48.5 Å². The van der Waals surface area contributed by atoms with Crippen LogP contribution in [0, 0.1) is 0 Å². The molecule has 6 heteroatoms. The van der Waals surface area contributed by atoms with E-state index >= 15 is 0 Å². The lowest BCUT2D eigenvalue weighted by molar-refractivity contribution is -0.119. The molecule has 0 fully saturated rings. The highest BCUT2D eigenvalue weighted by atomic mass is 32.2. The van der Waals surface area contributed by atoms with Crippen molar-refractivity contribution in [2.75, 3.05) is 30.6 Å². The zero-order valence-electron chi connectivity index (χ0n) is 13.2. The van der Waals surface area contributed by atoms with E-state index < -0.39 is 10.8 Å². The largest absolute Gasteiger partial charge is 0.381 e. The van der Waals surface area contributed by atoms with Crippen molar-refractivity contribution in [3.05, 3.63) is 54.1 Å². The van der Waals surface area contributed by atoms with Gasteiger partial charge in [0.05, 0.1) is 0 Å². The van der Waals surface area contributed by atoms with Crippen LogP contribution in [0.4, 0.5) is 11.4 Å². The third kappa shape index (κ3) is 5.50. The Bertz CT molecular complexity index is 686. The van der Waals surface area contributed by atoms with E-state index in [0.29, 0.717) is 12.2 Å². The Hall–Kier alpha value is -2.18. The van der Waals surface area contributed by atoms with Gasteiger partial charge in [-0.3, -0.25) is 9.00 Å². The van der Waals surface area contributed by atoms with Crippen LogP contribution in [0.2, 0.25) is 0 Å². The number of carbonyl (C=O) groups excluding carboxylic acids is 1. The minimum atomic E-state index is -0.959. The molecule has 0 unspecified atom stereocenters. The molecule has 1 amide bonds. The summed E-state index contributed by atoms with van der Waals surface area (Å²) < 4.78 is 16.1. The topological polar surface area (TPSA) is 67.4 Å². The Balaban J connectivity index is 1.95. The number of ether oxygens (including phenoxy) is 1. The Labute approximate surface area is 138 Å². The first-order valence-corrected chi connectivity index (χ1v) is 8.69. The van der Waals surface area contributed by atoms with Crippen LogP contribution in [0.25, 0.3) is 0 Å². The zero-order valence-corrected chi connectivity index (χ0v) is 14.0. The summed E-state index contributed by atoms with van der Waals surface area (Å²) in [7, 11) is 0.524. The van der Waals surface area contributed by atoms with Crippen molar-refractivity contribution in [1.29, 1.82) is 0 Å². The lowest BCUT2D eigenvalue weighted by Crippen LogP contribution is -2.17. The molecule has 0 saturated carbocycles. The molecule has 1 atom stereocenters. The van der Waals surface area contributed by atoms with Crippen LogP contribution in [0.1, 0.15) is 5.56 Å². The SMILES string of the molecule is COCC(=O)Nc1cccc(NCc2ccc([S@](C)=O)cc2)c1. The molecule has 0 aromatic heterocycles. The molecule has 0 spiro atoms. The van der Waals surface area contributed by atoms with Crippen LogP contribution in [-0.2, 0) is 26.9 Å². The minimum Gasteiger partial charge on any atom is -0.381 e. The van der Waals surface area contributed by atoms with Gasteiger partial charge in [-0.1, -0.05) is 18.2 Å². The van der Waals surface area contributed by atoms with E-state index in [4.69, 9.17) is 4.74 Å². The summed E-state index contributed by atoms with van der Waals surface area (Å²) in [6.07, 6.45) is 1.66. The van der Waals surface area contributed by atoms with Crippen LogP contribution < -0.4 is 10.6 Å². The first kappa shape index (κ1) is 17.2. The molecule has 0 aliphatic heterocycles. The molecule has 0 aliphatic carbocycles. The molecule has 2 aromatic rings. The van der Waals surface area contributed by atoms with Crippen LogP contribution in [-0.4, -0.2) is 30.1 Å². The van der Waals surface area contributed by atoms with Crippen molar-refractivity contribution in [3.8, 4) is 0 Å². The lowest BCUT2D eigenvalue weighted by atomic mass is 10.2. The molecular weight excluding hydrogens is 312 g/mol. The average Bonchev–Trinajstić information content (AvgIpc) is 2.54. The van der Waals surface area contributed by atoms with Crippen molar-refractivity contribution in [2.24, 2.45) is 0 Å². The molecule has 23 heavy (non-hydrogen) atoms. The number of anilines is 2. The number of rotatable bonds is 7. The van der Waals surface area contributed by atoms with E-state index in [9.17, 15) is 9.00 Å². The van der Waals surface area contributed by atoms with Crippen LogP contribution in [0.15, 0.2) is 53.4 Å². The van der Waals surface area contributed by atoms with E-state index in [1.165, 1.54) is 7.11 Å². The number of hydrogen-bond donors (Lipinski definition) is 2. The molecule has 2 rings (SSSR count). The van der Waals surface area contributed by atoms with Gasteiger partial charge in [0.15, 0.2) is 0 Å². The number of hydrogen-bond acceptors (Lipinski definition) is 4. The highest BCUT2D eigenvalue weighted by molar-refractivity contribution is 7.84. The predicted octanol–water partition coefficient (Wildman–Crippen LogP) is 2.62. The highest BCUT2D eigenvalue weighted by Crippen LogP contribution is 2.16. The van der Waals surface area contributed by atoms with Crippen LogP contribution >= 0.6 is 0 Å². The van der Waals surface area contributed by atoms with Gasteiger partial charge in [-0.25, -0.2) is 0 Å². The van der Waals surface area contributed by atoms with Gasteiger partial charge in [-0.2, -0.15) is 0 Å². The van der Waals surface area contributed by atoms with Crippen molar-refractivity contribution in [2.45, 2.75) is 11.4 Å². The van der Waals surface area contributed by atoms with Gasteiger partial charge < -0.3 is 15.4 Å². The van der Waals surface area contributed by atoms with Gasteiger partial charge in [0.25, 0.3) is 0 Å². The average molecular weight is 332 g/mol. The number of amides is 1. The van der Waals surface area contributed by atoms with Crippen molar-refractivity contribution >= 4 is 28.1 Å². The fourth-order valence-electron chi connectivity index (χ4n) is 2.04. The lowest BCUT2D eigenvalue weighted by Gasteiger charge is -2.10. The molecule has 0 bridgehead atoms. The van der Waals surface area contributed by atoms with E-state index in [0.717, 1.165) is 16.1 Å². The van der Waals surface area contributed by atoms with Gasteiger partial charge in [0.1, 0.15) is 6.61 Å². The third-order valence-corrected chi connectivity index (χ3v) is 4.11. The fraction of sp³-hybridized carbons (Fsp3) is 0.235. The van der Waals surface area contributed by atoms with E-state index in [2.05, 4.69) is 10.6 Å². The number of nitrogens with one attached hydrogen (secondary N) is 2. The second-order valence-corrected chi connectivity index (χ2v) is 6.39. The molecular formula is C17H20N2O3S. The summed E-state index contributed by atoms with van der Waals surface area (Å²) in [5.41, 5.74) is 2.71. The first-order valence-electron chi connectivity index (χ1n) is 7.13. The maximum absolute atomic E-state index is 11.5. The molecule has 0 aliphatic rings. The normalized spacial score (nSPS) is 11.7. The van der Waals surface area contributed by atoms with Gasteiger partial charge in [0.2, 0.25) is 5.91 Å². The Morgan fingerprint density at radius 2 is 1.83 bits per heavy atom. The number of methoxy groups -OCH3 is 1. The van der Waals surface area contributed by atoms with E-state index in [-0.39, 0.29) is 12.5 Å². The molecule has 2 N–H and O–H groups in total. The highest BCUT2D eigenvalue weighted by Gasteiger charge is 2.02. The Morgan fingerprint density at radius 1 is 1.13 bits per heavy atom. The quantitative estimate of drug-likeness (QED) is 0.818. The summed E-state index contributed by atoms with van der Waals surface area (Å²) in [6, 6.07) is 15.1. The predicted molar refractivity (Wildman–Crippen MR) is 93.0 cm³/mol. The monoisotopic (exact) mass is 332 g/mol. The second-order valence-electron chi connectivity index (χ2n) is 5.01.